The Labute approximate surface area is 180 Å². The van der Waals surface area contributed by atoms with Gasteiger partial charge >= 0.3 is 0 Å². The molecule has 1 amide bonds. The molecule has 2 aromatic rings. The van der Waals surface area contributed by atoms with Gasteiger partial charge in [-0.05, 0) is 55.7 Å². The highest BCUT2D eigenvalue weighted by atomic mass is 35.5. The van der Waals surface area contributed by atoms with Crippen molar-refractivity contribution in [1.29, 1.82) is 0 Å². The van der Waals surface area contributed by atoms with Gasteiger partial charge in [0.2, 0.25) is 10.0 Å². The van der Waals surface area contributed by atoms with Gasteiger partial charge in [0.05, 0.1) is 23.2 Å². The van der Waals surface area contributed by atoms with Crippen LogP contribution in [0.25, 0.3) is 0 Å². The minimum Gasteiger partial charge on any atom is -0.495 e. The molecule has 1 saturated heterocycles. The molecule has 3 rings (SSSR count). The number of ether oxygens (including phenoxy) is 1. The quantitative estimate of drug-likeness (QED) is 0.703. The van der Waals surface area contributed by atoms with Crippen molar-refractivity contribution in [1.82, 2.24) is 9.62 Å². The van der Waals surface area contributed by atoms with Crippen molar-refractivity contribution in [2.45, 2.75) is 30.7 Å². The number of nitrogens with one attached hydrogen (secondary N) is 1. The largest absolute Gasteiger partial charge is 0.495 e. The molecule has 0 saturated carbocycles. The van der Waals surface area contributed by atoms with E-state index in [0.717, 1.165) is 18.4 Å². The van der Waals surface area contributed by atoms with Crippen LogP contribution in [0.4, 0.5) is 0 Å². The number of carbonyl (C=O) groups excluding carboxylic acids is 1. The SMILES string of the molecule is COc1ccc(C(=O)NC(C)c2ccc(Cl)c(Cl)c2)cc1S(=O)(=O)N1CCCC1. The normalized spacial score (nSPS) is 15.9. The summed E-state index contributed by atoms with van der Waals surface area (Å²) in [6.07, 6.45) is 1.64. The molecule has 0 spiro atoms. The highest BCUT2D eigenvalue weighted by molar-refractivity contribution is 7.89. The van der Waals surface area contributed by atoms with Gasteiger partial charge in [0.15, 0.2) is 0 Å². The fraction of sp³-hybridized carbons (Fsp3) is 0.350. The first-order valence-corrected chi connectivity index (χ1v) is 11.4. The van der Waals surface area contributed by atoms with E-state index in [9.17, 15) is 13.2 Å². The highest BCUT2D eigenvalue weighted by Gasteiger charge is 2.30. The average molecular weight is 457 g/mol. The molecule has 1 N–H and O–H groups in total. The summed E-state index contributed by atoms with van der Waals surface area (Å²) in [6, 6.07) is 9.18. The lowest BCUT2D eigenvalue weighted by Crippen LogP contribution is -2.29. The molecular formula is C20H22Cl2N2O4S. The van der Waals surface area contributed by atoms with E-state index < -0.39 is 15.9 Å². The number of amides is 1. The lowest BCUT2D eigenvalue weighted by atomic mass is 10.1. The van der Waals surface area contributed by atoms with E-state index in [2.05, 4.69) is 5.32 Å². The maximum absolute atomic E-state index is 13.0. The van der Waals surface area contributed by atoms with Crippen molar-refractivity contribution < 1.29 is 17.9 Å². The zero-order valence-corrected chi connectivity index (χ0v) is 18.4. The van der Waals surface area contributed by atoms with Crippen LogP contribution in [0.5, 0.6) is 5.75 Å². The zero-order valence-electron chi connectivity index (χ0n) is 16.1. The number of rotatable bonds is 6. The molecule has 1 fully saturated rings. The molecule has 2 aromatic carbocycles. The first-order valence-electron chi connectivity index (χ1n) is 9.18. The van der Waals surface area contributed by atoms with Crippen molar-refractivity contribution in [2.75, 3.05) is 20.2 Å². The molecule has 0 aromatic heterocycles. The molecule has 0 bridgehead atoms. The summed E-state index contributed by atoms with van der Waals surface area (Å²) in [5, 5.41) is 3.68. The third-order valence-electron chi connectivity index (χ3n) is 4.90. The first kappa shape index (κ1) is 21.9. The van der Waals surface area contributed by atoms with E-state index >= 15 is 0 Å². The van der Waals surface area contributed by atoms with E-state index in [-0.39, 0.29) is 22.3 Å². The Balaban J connectivity index is 1.86. The predicted octanol–water partition coefficient (Wildman–Crippen LogP) is 4.28. The summed E-state index contributed by atoms with van der Waals surface area (Å²) < 4.78 is 32.6. The Bertz CT molecular complexity index is 1020. The van der Waals surface area contributed by atoms with Crippen molar-refractivity contribution >= 4 is 39.1 Å². The number of nitrogens with zero attached hydrogens (tertiary/aromatic N) is 1. The van der Waals surface area contributed by atoms with Crippen LogP contribution in [0.2, 0.25) is 10.0 Å². The molecule has 1 aliphatic heterocycles. The predicted molar refractivity (Wildman–Crippen MR) is 113 cm³/mol. The molecule has 0 radical (unpaired) electrons. The van der Waals surface area contributed by atoms with Crippen LogP contribution in [0.3, 0.4) is 0 Å². The van der Waals surface area contributed by atoms with Crippen molar-refractivity contribution in [2.24, 2.45) is 0 Å². The molecule has 29 heavy (non-hydrogen) atoms. The minimum absolute atomic E-state index is 0.00302. The zero-order chi connectivity index (χ0) is 21.2. The van der Waals surface area contributed by atoms with Crippen molar-refractivity contribution in [3.8, 4) is 5.75 Å². The van der Waals surface area contributed by atoms with Crippen LogP contribution in [0.15, 0.2) is 41.3 Å². The van der Waals surface area contributed by atoms with Gasteiger partial charge < -0.3 is 10.1 Å². The van der Waals surface area contributed by atoms with Crippen molar-refractivity contribution in [3.63, 3.8) is 0 Å². The fourth-order valence-corrected chi connectivity index (χ4v) is 5.24. The topological polar surface area (TPSA) is 75.7 Å². The first-order chi connectivity index (χ1) is 13.7. The number of halogens is 2. The molecule has 1 heterocycles. The Morgan fingerprint density at radius 2 is 1.79 bits per heavy atom. The summed E-state index contributed by atoms with van der Waals surface area (Å²) >= 11 is 12.0. The molecule has 6 nitrogen and oxygen atoms in total. The minimum atomic E-state index is -3.73. The van der Waals surface area contributed by atoms with Crippen molar-refractivity contribution in [3.05, 3.63) is 57.6 Å². The maximum atomic E-state index is 13.0. The van der Waals surface area contributed by atoms with Gasteiger partial charge in [-0.15, -0.1) is 0 Å². The van der Waals surface area contributed by atoms with Crippen LogP contribution in [-0.4, -0.2) is 38.8 Å². The molecule has 156 valence electrons. The Hall–Kier alpha value is -1.80. The number of benzene rings is 2. The summed E-state index contributed by atoms with van der Waals surface area (Å²) in [7, 11) is -2.33. The lowest BCUT2D eigenvalue weighted by Gasteiger charge is -2.19. The molecule has 9 heteroatoms. The van der Waals surface area contributed by atoms with Crippen LogP contribution in [0.1, 0.15) is 41.7 Å². The van der Waals surface area contributed by atoms with Crippen LogP contribution < -0.4 is 10.1 Å². The molecule has 0 aliphatic carbocycles. The molecule has 1 aliphatic rings. The average Bonchev–Trinajstić information content (AvgIpc) is 3.25. The second-order valence-electron chi connectivity index (χ2n) is 6.85. The summed E-state index contributed by atoms with van der Waals surface area (Å²) in [5.74, 6) is -0.185. The van der Waals surface area contributed by atoms with Gasteiger partial charge in [-0.1, -0.05) is 29.3 Å². The number of hydrogen-bond acceptors (Lipinski definition) is 4. The van der Waals surface area contributed by atoms with Crippen LogP contribution >= 0.6 is 23.2 Å². The highest BCUT2D eigenvalue weighted by Crippen LogP contribution is 2.30. The summed E-state index contributed by atoms with van der Waals surface area (Å²) in [4.78, 5) is 12.8. The van der Waals surface area contributed by atoms with Gasteiger partial charge in [-0.3, -0.25) is 4.79 Å². The van der Waals surface area contributed by atoms with E-state index in [1.807, 2.05) is 6.92 Å². The van der Waals surface area contributed by atoms with Gasteiger partial charge in [0, 0.05) is 18.7 Å². The van der Waals surface area contributed by atoms with E-state index in [0.29, 0.717) is 23.1 Å². The van der Waals surface area contributed by atoms with Crippen LogP contribution in [-0.2, 0) is 10.0 Å². The number of methoxy groups -OCH3 is 1. The lowest BCUT2D eigenvalue weighted by molar-refractivity contribution is 0.0939. The second-order valence-corrected chi connectivity index (χ2v) is 9.57. The Morgan fingerprint density at radius 3 is 2.41 bits per heavy atom. The monoisotopic (exact) mass is 456 g/mol. The van der Waals surface area contributed by atoms with Gasteiger partial charge in [0.25, 0.3) is 5.91 Å². The number of carbonyl (C=O) groups is 1. The van der Waals surface area contributed by atoms with E-state index in [1.54, 1.807) is 24.3 Å². The molecular weight excluding hydrogens is 435 g/mol. The van der Waals surface area contributed by atoms with Gasteiger partial charge in [0.1, 0.15) is 10.6 Å². The third-order valence-corrected chi connectivity index (χ3v) is 7.56. The molecule has 1 unspecified atom stereocenters. The van der Waals surface area contributed by atoms with E-state index in [1.165, 1.54) is 23.5 Å². The number of sulfonamides is 1. The molecule has 1 atom stereocenters. The standard InChI is InChI=1S/C20H22Cl2N2O4S/c1-13(14-5-7-16(21)17(22)11-14)23-20(25)15-6-8-18(28-2)19(12-15)29(26,27)24-9-3-4-10-24/h5-8,11-13H,3-4,9-10H2,1-2H3,(H,23,25). The summed E-state index contributed by atoms with van der Waals surface area (Å²) in [5.41, 5.74) is 1.02. The maximum Gasteiger partial charge on any atom is 0.251 e. The summed E-state index contributed by atoms with van der Waals surface area (Å²) in [6.45, 7) is 2.75. The Morgan fingerprint density at radius 1 is 1.10 bits per heavy atom. The fourth-order valence-electron chi connectivity index (χ4n) is 3.23. The van der Waals surface area contributed by atoms with E-state index in [4.69, 9.17) is 27.9 Å². The number of hydrogen-bond donors (Lipinski definition) is 1. The Kier molecular flexibility index (Phi) is 6.73. The van der Waals surface area contributed by atoms with Crippen LogP contribution in [0, 0.1) is 0 Å². The second kappa shape index (κ2) is 8.92. The van der Waals surface area contributed by atoms with Gasteiger partial charge in [-0.2, -0.15) is 4.31 Å². The smallest absolute Gasteiger partial charge is 0.251 e. The third kappa shape index (κ3) is 4.69. The van der Waals surface area contributed by atoms with Gasteiger partial charge in [-0.25, -0.2) is 8.42 Å².